The monoisotopic (exact) mass is 310 g/mol. The minimum Gasteiger partial charge on any atom is -0.368 e. The van der Waals surface area contributed by atoms with Crippen molar-refractivity contribution >= 4 is 27.7 Å². The molecule has 0 heterocycles. The summed E-state index contributed by atoms with van der Waals surface area (Å²) in [7, 11) is 0. The molecule has 1 aliphatic rings. The van der Waals surface area contributed by atoms with Gasteiger partial charge in [0.15, 0.2) is 0 Å². The van der Waals surface area contributed by atoms with Gasteiger partial charge in [-0.15, -0.1) is 0 Å². The number of primary amides is 1. The normalized spacial score (nSPS) is 17.9. The second kappa shape index (κ2) is 4.72. The third-order valence-electron chi connectivity index (χ3n) is 3.39. The van der Waals surface area contributed by atoms with Gasteiger partial charge in [-0.2, -0.15) is 0 Å². The van der Waals surface area contributed by atoms with Crippen molar-refractivity contribution in [3.63, 3.8) is 0 Å². The first-order valence-electron chi connectivity index (χ1n) is 5.81. The highest BCUT2D eigenvalue weighted by atomic mass is 79.9. The second-order valence-electron chi connectivity index (χ2n) is 4.80. The molecule has 1 saturated carbocycles. The Bertz CT molecular complexity index is 482. The van der Waals surface area contributed by atoms with Gasteiger partial charge in [-0.05, 0) is 49.9 Å². The Balaban J connectivity index is 2.15. The van der Waals surface area contributed by atoms with Gasteiger partial charge >= 0.3 is 0 Å². The zero-order valence-electron chi connectivity index (χ0n) is 10.1. The molecule has 1 aromatic carbocycles. The largest absolute Gasteiger partial charge is 0.368 e. The fraction of sp³-hybridized carbons (Fsp3) is 0.385. The quantitative estimate of drug-likeness (QED) is 0.890. The number of carbonyl (C=O) groups is 2. The van der Waals surface area contributed by atoms with Crippen molar-refractivity contribution in [3.05, 3.63) is 34.3 Å². The van der Waals surface area contributed by atoms with Crippen molar-refractivity contribution in [1.29, 1.82) is 0 Å². The van der Waals surface area contributed by atoms with E-state index < -0.39 is 11.4 Å². The van der Waals surface area contributed by atoms with Crippen LogP contribution in [-0.2, 0) is 4.79 Å². The summed E-state index contributed by atoms with van der Waals surface area (Å²) in [5.74, 6) is -0.583. The summed E-state index contributed by atoms with van der Waals surface area (Å²) >= 11 is 3.31. The van der Waals surface area contributed by atoms with Crippen molar-refractivity contribution in [2.75, 3.05) is 0 Å². The summed E-state index contributed by atoms with van der Waals surface area (Å²) in [6.07, 6.45) is 1.86. The third-order valence-corrected chi connectivity index (χ3v) is 3.91. The van der Waals surface area contributed by atoms with Crippen LogP contribution in [0.4, 0.5) is 0 Å². The van der Waals surface area contributed by atoms with Gasteiger partial charge in [-0.3, -0.25) is 9.59 Å². The lowest BCUT2D eigenvalue weighted by Gasteiger charge is -2.27. The summed E-state index contributed by atoms with van der Waals surface area (Å²) in [5, 5.41) is 2.76. The molecule has 0 aliphatic heterocycles. The lowest BCUT2D eigenvalue weighted by molar-refractivity contribution is -0.124. The molecule has 18 heavy (non-hydrogen) atoms. The van der Waals surface area contributed by atoms with Crippen LogP contribution in [0.15, 0.2) is 28.7 Å². The van der Waals surface area contributed by atoms with Gasteiger partial charge in [0.05, 0.1) is 0 Å². The van der Waals surface area contributed by atoms with Crippen LogP contribution in [-0.4, -0.2) is 17.4 Å². The molecule has 1 unspecified atom stereocenters. The van der Waals surface area contributed by atoms with Gasteiger partial charge in [0.1, 0.15) is 5.54 Å². The standard InChI is InChI=1S/C13H15BrN2O2/c1-13(12(15)18,9-4-5-9)16-11(17)8-2-6-10(14)7-3-8/h2-3,6-7,9H,4-5H2,1H3,(H2,15,18)(H,16,17). The highest BCUT2D eigenvalue weighted by Crippen LogP contribution is 2.39. The molecule has 2 rings (SSSR count). The van der Waals surface area contributed by atoms with Crippen LogP contribution in [0.5, 0.6) is 0 Å². The highest BCUT2D eigenvalue weighted by Gasteiger charge is 2.47. The van der Waals surface area contributed by atoms with Crippen LogP contribution in [0.3, 0.4) is 0 Å². The predicted octanol–water partition coefficient (Wildman–Crippen LogP) is 1.83. The minimum absolute atomic E-state index is 0.161. The Labute approximate surface area is 114 Å². The van der Waals surface area contributed by atoms with Crippen molar-refractivity contribution in [3.8, 4) is 0 Å². The van der Waals surface area contributed by atoms with E-state index in [1.165, 1.54) is 0 Å². The number of halogens is 1. The maximum Gasteiger partial charge on any atom is 0.252 e. The van der Waals surface area contributed by atoms with Gasteiger partial charge in [0.25, 0.3) is 5.91 Å². The first-order valence-corrected chi connectivity index (χ1v) is 6.61. The molecule has 1 atom stereocenters. The zero-order valence-corrected chi connectivity index (χ0v) is 11.7. The molecule has 1 aromatic rings. The van der Waals surface area contributed by atoms with E-state index in [1.54, 1.807) is 31.2 Å². The molecule has 3 N–H and O–H groups in total. The van der Waals surface area contributed by atoms with Gasteiger partial charge in [-0.25, -0.2) is 0 Å². The van der Waals surface area contributed by atoms with Crippen LogP contribution in [0, 0.1) is 5.92 Å². The second-order valence-corrected chi connectivity index (χ2v) is 5.72. The number of hydrogen-bond donors (Lipinski definition) is 2. The van der Waals surface area contributed by atoms with Gasteiger partial charge in [0.2, 0.25) is 5.91 Å². The number of nitrogens with two attached hydrogens (primary N) is 1. The summed E-state index contributed by atoms with van der Waals surface area (Å²) < 4.78 is 0.902. The SMILES string of the molecule is CC(NC(=O)c1ccc(Br)cc1)(C(N)=O)C1CC1. The van der Waals surface area contributed by atoms with Crippen molar-refractivity contribution in [2.45, 2.75) is 25.3 Å². The molecule has 4 nitrogen and oxygen atoms in total. The Hall–Kier alpha value is -1.36. The van der Waals surface area contributed by atoms with Gasteiger partial charge in [-0.1, -0.05) is 15.9 Å². The molecule has 1 fully saturated rings. The van der Waals surface area contributed by atoms with Crippen LogP contribution in [0.1, 0.15) is 30.1 Å². The van der Waals surface area contributed by atoms with E-state index in [1.807, 2.05) is 0 Å². The predicted molar refractivity (Wildman–Crippen MR) is 71.9 cm³/mol. The van der Waals surface area contributed by atoms with Crippen LogP contribution < -0.4 is 11.1 Å². The van der Waals surface area contributed by atoms with E-state index in [4.69, 9.17) is 5.73 Å². The summed E-state index contributed by atoms with van der Waals surface area (Å²) in [4.78, 5) is 23.6. The van der Waals surface area contributed by atoms with Gasteiger partial charge < -0.3 is 11.1 Å². The fourth-order valence-electron chi connectivity index (χ4n) is 1.93. The average molecular weight is 311 g/mol. The van der Waals surface area contributed by atoms with E-state index in [2.05, 4.69) is 21.2 Å². The number of rotatable bonds is 4. The number of carbonyl (C=O) groups excluding carboxylic acids is 2. The molecule has 2 amide bonds. The van der Waals surface area contributed by atoms with Crippen LogP contribution in [0.2, 0.25) is 0 Å². The molecule has 0 spiro atoms. The van der Waals surface area contributed by atoms with E-state index in [9.17, 15) is 9.59 Å². The Kier molecular flexibility index (Phi) is 3.43. The topological polar surface area (TPSA) is 72.2 Å². The molecule has 1 aliphatic carbocycles. The maximum absolute atomic E-state index is 12.1. The smallest absolute Gasteiger partial charge is 0.252 e. The summed E-state index contributed by atoms with van der Waals surface area (Å²) in [6, 6.07) is 6.97. The van der Waals surface area contributed by atoms with Crippen LogP contribution >= 0.6 is 15.9 Å². The maximum atomic E-state index is 12.1. The number of amides is 2. The lowest BCUT2D eigenvalue weighted by Crippen LogP contribution is -2.57. The van der Waals surface area contributed by atoms with Crippen LogP contribution in [0.25, 0.3) is 0 Å². The number of hydrogen-bond acceptors (Lipinski definition) is 2. The summed E-state index contributed by atoms with van der Waals surface area (Å²) in [5.41, 5.74) is 4.98. The first-order chi connectivity index (χ1) is 8.43. The Morgan fingerprint density at radius 1 is 1.33 bits per heavy atom. The fourth-order valence-corrected chi connectivity index (χ4v) is 2.20. The molecule has 0 bridgehead atoms. The molecule has 5 heteroatoms. The Morgan fingerprint density at radius 2 is 1.89 bits per heavy atom. The molecular weight excluding hydrogens is 296 g/mol. The summed E-state index contributed by atoms with van der Waals surface area (Å²) in [6.45, 7) is 1.70. The number of nitrogens with one attached hydrogen (secondary N) is 1. The Morgan fingerprint density at radius 3 is 2.33 bits per heavy atom. The van der Waals surface area contributed by atoms with Crippen molar-refractivity contribution < 1.29 is 9.59 Å². The van der Waals surface area contributed by atoms with E-state index in [0.29, 0.717) is 5.56 Å². The average Bonchev–Trinajstić information content (AvgIpc) is 3.13. The zero-order chi connectivity index (χ0) is 13.3. The number of benzene rings is 1. The van der Waals surface area contributed by atoms with Crippen molar-refractivity contribution in [1.82, 2.24) is 5.32 Å². The molecule has 0 radical (unpaired) electrons. The van der Waals surface area contributed by atoms with E-state index in [-0.39, 0.29) is 11.8 Å². The molecule has 0 aromatic heterocycles. The first kappa shape index (κ1) is 13.1. The van der Waals surface area contributed by atoms with E-state index in [0.717, 1.165) is 17.3 Å². The molecule has 0 saturated heterocycles. The van der Waals surface area contributed by atoms with Crippen molar-refractivity contribution in [2.24, 2.45) is 11.7 Å². The lowest BCUT2D eigenvalue weighted by atomic mass is 9.94. The third kappa shape index (κ3) is 2.56. The van der Waals surface area contributed by atoms with Gasteiger partial charge in [0, 0.05) is 10.0 Å². The minimum atomic E-state index is -0.940. The van der Waals surface area contributed by atoms with E-state index >= 15 is 0 Å². The molecule has 96 valence electrons. The highest BCUT2D eigenvalue weighted by molar-refractivity contribution is 9.10. The molecular formula is C13H15BrN2O2.